The number of nitrogens with one attached hydrogen (secondary N) is 1. The first-order valence-corrected chi connectivity index (χ1v) is 4.14. The maximum atomic E-state index is 10.7. The Morgan fingerprint density at radius 1 is 1.69 bits per heavy atom. The third-order valence-corrected chi connectivity index (χ3v) is 1.60. The second kappa shape index (κ2) is 4.48. The molecule has 1 amide bonds. The van der Waals surface area contributed by atoms with Gasteiger partial charge in [0.1, 0.15) is 5.76 Å². The van der Waals surface area contributed by atoms with E-state index in [0.717, 1.165) is 0 Å². The Bertz CT molecular complexity index is 376. The monoisotopic (exact) mass is 240 g/mol. The van der Waals surface area contributed by atoms with Gasteiger partial charge in [0.25, 0.3) is 5.91 Å². The first-order valence-electron chi connectivity index (χ1n) is 3.35. The molecule has 0 aliphatic carbocycles. The zero-order valence-electron chi connectivity index (χ0n) is 6.45. The van der Waals surface area contributed by atoms with Gasteiger partial charge in [-0.3, -0.25) is 10.1 Å². The maximum absolute atomic E-state index is 10.7. The molecule has 0 saturated carbocycles. The van der Waals surface area contributed by atoms with E-state index in [0.29, 0.717) is 10.4 Å². The van der Waals surface area contributed by atoms with Crippen molar-refractivity contribution < 1.29 is 9.21 Å². The lowest BCUT2D eigenvalue weighted by atomic mass is 10.4. The lowest BCUT2D eigenvalue weighted by molar-refractivity contribution is -0.115. The van der Waals surface area contributed by atoms with Gasteiger partial charge in [0.15, 0.2) is 10.9 Å². The van der Waals surface area contributed by atoms with Gasteiger partial charge < -0.3 is 4.42 Å². The summed E-state index contributed by atoms with van der Waals surface area (Å²) >= 11 is 3.12. The summed E-state index contributed by atoms with van der Waals surface area (Å²) in [6, 6.07) is 3.40. The molecule has 66 valence electrons. The number of hydrogen-bond donors (Lipinski definition) is 1. The molecule has 13 heavy (non-hydrogen) atoms. The molecule has 0 fully saturated rings. The quantitative estimate of drug-likeness (QED) is 0.486. The predicted molar refractivity (Wildman–Crippen MR) is 49.2 cm³/mol. The van der Waals surface area contributed by atoms with E-state index < -0.39 is 5.91 Å². The van der Waals surface area contributed by atoms with Gasteiger partial charge >= 0.3 is 0 Å². The highest BCUT2D eigenvalue weighted by molar-refractivity contribution is 9.10. The molecule has 0 atom stereocenters. The highest BCUT2D eigenvalue weighted by Crippen LogP contribution is 2.14. The fourth-order valence-corrected chi connectivity index (χ4v) is 0.992. The van der Waals surface area contributed by atoms with Crippen molar-refractivity contribution in [1.82, 2.24) is 5.32 Å². The van der Waals surface area contributed by atoms with Crippen LogP contribution in [0.25, 0.3) is 6.08 Å². The SMILES string of the molecule is N#CNC(=O)C=Cc1ccc(Br)o1. The van der Waals surface area contributed by atoms with Crippen LogP contribution >= 0.6 is 15.9 Å². The van der Waals surface area contributed by atoms with Crippen LogP contribution in [0.4, 0.5) is 0 Å². The summed E-state index contributed by atoms with van der Waals surface area (Å²) < 4.78 is 5.67. The second-order valence-corrected chi connectivity index (χ2v) is 2.86. The maximum Gasteiger partial charge on any atom is 0.257 e. The van der Waals surface area contributed by atoms with Gasteiger partial charge in [-0.15, -0.1) is 0 Å². The van der Waals surface area contributed by atoms with Gasteiger partial charge in [-0.2, -0.15) is 5.26 Å². The Kier molecular flexibility index (Phi) is 3.29. The second-order valence-electron chi connectivity index (χ2n) is 2.08. The lowest BCUT2D eigenvalue weighted by Crippen LogP contribution is -2.13. The Labute approximate surface area is 83.0 Å². The minimum absolute atomic E-state index is 0.477. The van der Waals surface area contributed by atoms with E-state index in [-0.39, 0.29) is 0 Å². The third-order valence-electron chi connectivity index (χ3n) is 1.17. The van der Waals surface area contributed by atoms with Crippen molar-refractivity contribution >= 4 is 27.9 Å². The summed E-state index contributed by atoms with van der Waals surface area (Å²) in [7, 11) is 0. The molecule has 4 nitrogen and oxygen atoms in total. The molecule has 1 heterocycles. The van der Waals surface area contributed by atoms with Crippen LogP contribution in [0.3, 0.4) is 0 Å². The van der Waals surface area contributed by atoms with Crippen LogP contribution in [0, 0.1) is 11.5 Å². The van der Waals surface area contributed by atoms with Gasteiger partial charge in [0, 0.05) is 6.08 Å². The first kappa shape index (κ1) is 9.55. The van der Waals surface area contributed by atoms with Gasteiger partial charge in [-0.1, -0.05) is 0 Å². The number of rotatable bonds is 2. The molecule has 1 aromatic heterocycles. The Morgan fingerprint density at radius 2 is 2.46 bits per heavy atom. The highest BCUT2D eigenvalue weighted by Gasteiger charge is 1.96. The average molecular weight is 241 g/mol. The van der Waals surface area contributed by atoms with Crippen LogP contribution in [-0.2, 0) is 4.79 Å². The van der Waals surface area contributed by atoms with Crippen molar-refractivity contribution in [2.24, 2.45) is 0 Å². The predicted octanol–water partition coefficient (Wildman–Crippen LogP) is 1.65. The van der Waals surface area contributed by atoms with E-state index in [1.807, 2.05) is 5.32 Å². The largest absolute Gasteiger partial charge is 0.450 e. The topological polar surface area (TPSA) is 66.0 Å². The van der Waals surface area contributed by atoms with E-state index in [9.17, 15) is 4.79 Å². The number of halogens is 1. The van der Waals surface area contributed by atoms with Crippen molar-refractivity contribution in [2.45, 2.75) is 0 Å². The summed E-state index contributed by atoms with van der Waals surface area (Å²) in [6.07, 6.45) is 4.20. The molecule has 0 saturated heterocycles. The van der Waals surface area contributed by atoms with Gasteiger partial charge in [-0.05, 0) is 34.1 Å². The molecule has 0 aromatic carbocycles. The first-order chi connectivity index (χ1) is 6.22. The number of nitrogens with zero attached hydrogens (tertiary/aromatic N) is 1. The molecule has 1 rings (SSSR count). The van der Waals surface area contributed by atoms with Gasteiger partial charge in [0.05, 0.1) is 0 Å². The third kappa shape index (κ3) is 3.13. The molecule has 1 aromatic rings. The molecule has 0 aliphatic rings. The zero-order valence-corrected chi connectivity index (χ0v) is 8.04. The molecular formula is C8H5BrN2O2. The van der Waals surface area contributed by atoms with E-state index >= 15 is 0 Å². The molecular weight excluding hydrogens is 236 g/mol. The van der Waals surface area contributed by atoms with Crippen molar-refractivity contribution in [2.75, 3.05) is 0 Å². The number of hydrogen-bond acceptors (Lipinski definition) is 3. The standard InChI is InChI=1S/C8H5BrN2O2/c9-7-3-1-6(13-7)2-4-8(12)11-5-10/h1-4H,(H,11,12). The molecule has 0 bridgehead atoms. The molecule has 5 heteroatoms. The fraction of sp³-hybridized carbons (Fsp3) is 0. The molecule has 0 aliphatic heterocycles. The fourth-order valence-electron chi connectivity index (χ4n) is 0.672. The summed E-state index contributed by atoms with van der Waals surface area (Å²) in [5, 5.41) is 10.0. The van der Waals surface area contributed by atoms with Crippen LogP contribution in [-0.4, -0.2) is 5.91 Å². The minimum atomic E-state index is -0.477. The van der Waals surface area contributed by atoms with E-state index in [4.69, 9.17) is 9.68 Å². The zero-order chi connectivity index (χ0) is 9.68. The molecule has 0 spiro atoms. The van der Waals surface area contributed by atoms with Crippen molar-refractivity contribution in [1.29, 1.82) is 5.26 Å². The summed E-state index contributed by atoms with van der Waals surface area (Å²) in [5.41, 5.74) is 0. The number of nitriles is 1. The number of amides is 1. The van der Waals surface area contributed by atoms with Crippen molar-refractivity contribution in [3.8, 4) is 6.19 Å². The lowest BCUT2D eigenvalue weighted by Gasteiger charge is -1.85. The number of furan rings is 1. The molecule has 0 radical (unpaired) electrons. The Morgan fingerprint density at radius 3 is 3.00 bits per heavy atom. The molecule has 1 N–H and O–H groups in total. The van der Waals surface area contributed by atoms with E-state index in [1.54, 1.807) is 12.1 Å². The number of carbonyl (C=O) groups excluding carboxylic acids is 1. The Balaban J connectivity index is 2.59. The van der Waals surface area contributed by atoms with E-state index in [1.165, 1.54) is 18.3 Å². The van der Waals surface area contributed by atoms with E-state index in [2.05, 4.69) is 15.9 Å². The van der Waals surface area contributed by atoms with Gasteiger partial charge in [0.2, 0.25) is 0 Å². The minimum Gasteiger partial charge on any atom is -0.450 e. The van der Waals surface area contributed by atoms with Crippen molar-refractivity contribution in [3.05, 3.63) is 28.6 Å². The molecule has 0 unspecified atom stereocenters. The van der Waals surface area contributed by atoms with Crippen LogP contribution in [0.15, 0.2) is 27.3 Å². The summed E-state index contributed by atoms with van der Waals surface area (Å²) in [5.74, 6) is 0.0648. The van der Waals surface area contributed by atoms with Crippen LogP contribution in [0.2, 0.25) is 0 Å². The Hall–Kier alpha value is -1.54. The summed E-state index contributed by atoms with van der Waals surface area (Å²) in [6.45, 7) is 0. The highest BCUT2D eigenvalue weighted by atomic mass is 79.9. The smallest absolute Gasteiger partial charge is 0.257 e. The van der Waals surface area contributed by atoms with Crippen LogP contribution < -0.4 is 5.32 Å². The van der Waals surface area contributed by atoms with Gasteiger partial charge in [-0.25, -0.2) is 0 Å². The average Bonchev–Trinajstić information content (AvgIpc) is 2.49. The van der Waals surface area contributed by atoms with Crippen LogP contribution in [0.5, 0.6) is 0 Å². The van der Waals surface area contributed by atoms with Crippen LogP contribution in [0.1, 0.15) is 5.76 Å². The summed E-state index contributed by atoms with van der Waals surface area (Å²) in [4.78, 5) is 10.7. The van der Waals surface area contributed by atoms with Crippen molar-refractivity contribution in [3.63, 3.8) is 0 Å². The normalized spacial score (nSPS) is 9.85. The number of carbonyl (C=O) groups is 1.